The Kier molecular flexibility index (Phi) is 7.49. The van der Waals surface area contributed by atoms with Gasteiger partial charge in [-0.1, -0.05) is 29.8 Å². The lowest BCUT2D eigenvalue weighted by Crippen LogP contribution is -2.27. The number of nitrogens with two attached hydrogens (primary N) is 1. The van der Waals surface area contributed by atoms with Crippen molar-refractivity contribution in [3.05, 3.63) is 88.3 Å². The summed E-state index contributed by atoms with van der Waals surface area (Å²) >= 11 is 6.01. The minimum Gasteiger partial charge on any atom is -0.364 e. The van der Waals surface area contributed by atoms with Crippen molar-refractivity contribution in [3.63, 3.8) is 0 Å². The van der Waals surface area contributed by atoms with E-state index < -0.39 is 12.5 Å². The van der Waals surface area contributed by atoms with Crippen LogP contribution in [0.15, 0.2) is 60.8 Å². The number of carbonyl (C=O) groups excluding carboxylic acids is 1. The van der Waals surface area contributed by atoms with E-state index in [-0.39, 0.29) is 30.4 Å². The lowest BCUT2D eigenvalue weighted by atomic mass is 10.1. The molecular formula is C22H22ClF2N5O. The third-order valence-corrected chi connectivity index (χ3v) is 4.78. The van der Waals surface area contributed by atoms with Crippen molar-refractivity contribution in [3.8, 4) is 0 Å². The molecule has 0 aliphatic rings. The summed E-state index contributed by atoms with van der Waals surface area (Å²) in [7, 11) is 0. The van der Waals surface area contributed by atoms with Crippen molar-refractivity contribution in [1.82, 2.24) is 15.3 Å². The Balaban J connectivity index is 1.56. The standard InChI is InChI=1S/C22H22ClF2N5O/c23-17-8-7-15(12-26)16(10-17)13-28-21(31)11-18-4-3-6-20(30-18)29-14-22(24,25)19-5-1-2-9-27-19/h1-10H,11-14,26H2,(H,28,31)(H,29,30). The van der Waals surface area contributed by atoms with Crippen molar-refractivity contribution in [1.29, 1.82) is 0 Å². The predicted molar refractivity (Wildman–Crippen MR) is 116 cm³/mol. The molecule has 2 heterocycles. The molecular weight excluding hydrogens is 424 g/mol. The third kappa shape index (κ3) is 6.44. The van der Waals surface area contributed by atoms with Gasteiger partial charge in [0, 0.05) is 24.3 Å². The number of hydrogen-bond donors (Lipinski definition) is 3. The number of hydrogen-bond acceptors (Lipinski definition) is 5. The molecule has 3 rings (SSSR count). The smallest absolute Gasteiger partial charge is 0.306 e. The number of carbonyl (C=O) groups is 1. The minimum absolute atomic E-state index is 0.00464. The number of nitrogens with one attached hydrogen (secondary N) is 2. The maximum atomic E-state index is 14.3. The molecule has 0 aliphatic carbocycles. The van der Waals surface area contributed by atoms with E-state index in [1.807, 2.05) is 6.07 Å². The first-order chi connectivity index (χ1) is 14.9. The topological polar surface area (TPSA) is 92.9 Å². The van der Waals surface area contributed by atoms with Crippen LogP contribution < -0.4 is 16.4 Å². The van der Waals surface area contributed by atoms with Crippen molar-refractivity contribution in [2.24, 2.45) is 5.73 Å². The molecule has 1 aromatic carbocycles. The zero-order valence-electron chi connectivity index (χ0n) is 16.6. The summed E-state index contributed by atoms with van der Waals surface area (Å²) in [4.78, 5) is 20.3. The maximum absolute atomic E-state index is 14.3. The highest BCUT2D eigenvalue weighted by Gasteiger charge is 2.32. The molecule has 2 aromatic heterocycles. The summed E-state index contributed by atoms with van der Waals surface area (Å²) in [5.41, 5.74) is 7.57. The summed E-state index contributed by atoms with van der Waals surface area (Å²) in [5, 5.41) is 5.98. The lowest BCUT2D eigenvalue weighted by molar-refractivity contribution is -0.120. The van der Waals surface area contributed by atoms with Crippen LogP contribution in [0.25, 0.3) is 0 Å². The number of rotatable bonds is 9. The third-order valence-electron chi connectivity index (χ3n) is 4.54. The molecule has 6 nitrogen and oxygen atoms in total. The average molecular weight is 446 g/mol. The number of aromatic nitrogens is 2. The molecule has 0 radical (unpaired) electrons. The maximum Gasteiger partial charge on any atom is 0.306 e. The van der Waals surface area contributed by atoms with E-state index in [2.05, 4.69) is 20.6 Å². The SMILES string of the molecule is NCc1ccc(Cl)cc1CNC(=O)Cc1cccc(NCC(F)(F)c2ccccn2)n1. The summed E-state index contributed by atoms with van der Waals surface area (Å²) in [5.74, 6) is -3.17. The molecule has 162 valence electrons. The van der Waals surface area contributed by atoms with Crippen LogP contribution in [-0.4, -0.2) is 22.4 Å². The fourth-order valence-corrected chi connectivity index (χ4v) is 3.12. The second kappa shape index (κ2) is 10.3. The molecule has 1 amide bonds. The molecule has 3 aromatic rings. The lowest BCUT2D eigenvalue weighted by Gasteiger charge is -2.17. The fourth-order valence-electron chi connectivity index (χ4n) is 2.93. The van der Waals surface area contributed by atoms with Gasteiger partial charge in [-0.3, -0.25) is 9.78 Å². The highest BCUT2D eigenvalue weighted by Crippen LogP contribution is 2.26. The molecule has 0 unspecified atom stereocenters. The normalized spacial score (nSPS) is 11.2. The van der Waals surface area contributed by atoms with Crippen molar-refractivity contribution < 1.29 is 13.6 Å². The summed E-state index contributed by atoms with van der Waals surface area (Å²) < 4.78 is 28.5. The number of benzene rings is 1. The molecule has 31 heavy (non-hydrogen) atoms. The van der Waals surface area contributed by atoms with E-state index in [0.29, 0.717) is 17.3 Å². The van der Waals surface area contributed by atoms with Gasteiger partial charge in [0.1, 0.15) is 11.5 Å². The number of amides is 1. The van der Waals surface area contributed by atoms with Gasteiger partial charge in [-0.05, 0) is 47.5 Å². The number of nitrogens with zero attached hydrogens (tertiary/aromatic N) is 2. The summed E-state index contributed by atoms with van der Waals surface area (Å²) in [6.07, 6.45) is 1.32. The van der Waals surface area contributed by atoms with E-state index in [4.69, 9.17) is 17.3 Å². The summed E-state index contributed by atoms with van der Waals surface area (Å²) in [6, 6.07) is 14.6. The van der Waals surface area contributed by atoms with Gasteiger partial charge in [0.25, 0.3) is 0 Å². The van der Waals surface area contributed by atoms with Gasteiger partial charge in [-0.15, -0.1) is 0 Å². The van der Waals surface area contributed by atoms with Crippen molar-refractivity contribution in [2.45, 2.75) is 25.4 Å². The van der Waals surface area contributed by atoms with Crippen LogP contribution >= 0.6 is 11.6 Å². The second-order valence-electron chi connectivity index (χ2n) is 6.86. The molecule has 0 saturated heterocycles. The Hall–Kier alpha value is -3.10. The van der Waals surface area contributed by atoms with Crippen LogP contribution in [0.2, 0.25) is 5.02 Å². The first-order valence-electron chi connectivity index (χ1n) is 9.60. The largest absolute Gasteiger partial charge is 0.364 e. The zero-order valence-corrected chi connectivity index (χ0v) is 17.4. The Morgan fingerprint density at radius 2 is 1.94 bits per heavy atom. The predicted octanol–water partition coefficient (Wildman–Crippen LogP) is 3.65. The van der Waals surface area contributed by atoms with Crippen molar-refractivity contribution in [2.75, 3.05) is 11.9 Å². The van der Waals surface area contributed by atoms with Crippen LogP contribution in [0.5, 0.6) is 0 Å². The molecule has 0 fully saturated rings. The van der Waals surface area contributed by atoms with Gasteiger partial charge < -0.3 is 16.4 Å². The first kappa shape index (κ1) is 22.6. The molecule has 0 saturated carbocycles. The first-order valence-corrected chi connectivity index (χ1v) is 9.98. The van der Waals surface area contributed by atoms with Gasteiger partial charge in [-0.2, -0.15) is 8.78 Å². The van der Waals surface area contributed by atoms with Gasteiger partial charge >= 0.3 is 5.92 Å². The van der Waals surface area contributed by atoms with E-state index in [9.17, 15) is 13.6 Å². The fraction of sp³-hybridized carbons (Fsp3) is 0.227. The molecule has 0 atom stereocenters. The zero-order chi connectivity index (χ0) is 22.3. The highest BCUT2D eigenvalue weighted by atomic mass is 35.5. The van der Waals surface area contributed by atoms with E-state index in [0.717, 1.165) is 11.1 Å². The molecule has 9 heteroatoms. The molecule has 0 bridgehead atoms. The van der Waals surface area contributed by atoms with Gasteiger partial charge in [0.2, 0.25) is 5.91 Å². The van der Waals surface area contributed by atoms with Crippen LogP contribution in [0, 0.1) is 0 Å². The number of anilines is 1. The van der Waals surface area contributed by atoms with Gasteiger partial charge in [0.05, 0.1) is 18.7 Å². The Bertz CT molecular complexity index is 1030. The van der Waals surface area contributed by atoms with Crippen LogP contribution in [0.3, 0.4) is 0 Å². The van der Waals surface area contributed by atoms with E-state index in [1.165, 1.54) is 18.3 Å². The molecule has 4 N–H and O–H groups in total. The number of halogens is 3. The van der Waals surface area contributed by atoms with Crippen LogP contribution in [0.4, 0.5) is 14.6 Å². The van der Waals surface area contributed by atoms with Crippen LogP contribution in [0.1, 0.15) is 22.5 Å². The quantitative estimate of drug-likeness (QED) is 0.467. The van der Waals surface area contributed by atoms with E-state index in [1.54, 1.807) is 36.4 Å². The Morgan fingerprint density at radius 3 is 2.68 bits per heavy atom. The monoisotopic (exact) mass is 445 g/mol. The summed E-state index contributed by atoms with van der Waals surface area (Å²) in [6.45, 7) is -0.0514. The average Bonchev–Trinajstić information content (AvgIpc) is 2.77. The van der Waals surface area contributed by atoms with Crippen molar-refractivity contribution >= 4 is 23.3 Å². The van der Waals surface area contributed by atoms with Gasteiger partial charge in [0.15, 0.2) is 0 Å². The molecule has 0 spiro atoms. The number of pyridine rings is 2. The van der Waals surface area contributed by atoms with E-state index >= 15 is 0 Å². The Morgan fingerprint density at radius 1 is 1.10 bits per heavy atom. The second-order valence-corrected chi connectivity index (χ2v) is 7.29. The number of alkyl halides is 2. The minimum atomic E-state index is -3.16. The van der Waals surface area contributed by atoms with Crippen LogP contribution in [-0.2, 0) is 30.2 Å². The Labute approximate surface area is 183 Å². The van der Waals surface area contributed by atoms with Gasteiger partial charge in [-0.25, -0.2) is 4.98 Å². The molecule has 0 aliphatic heterocycles. The highest BCUT2D eigenvalue weighted by molar-refractivity contribution is 6.30.